The second-order valence-corrected chi connectivity index (χ2v) is 6.10. The molecule has 0 saturated heterocycles. The summed E-state index contributed by atoms with van der Waals surface area (Å²) in [5.74, 6) is -1.37. The molecule has 0 aliphatic heterocycles. The van der Waals surface area contributed by atoms with Gasteiger partial charge in [-0.3, -0.25) is 19.7 Å². The van der Waals surface area contributed by atoms with Gasteiger partial charge in [0.15, 0.2) is 6.61 Å². The summed E-state index contributed by atoms with van der Waals surface area (Å²) in [4.78, 5) is 36.5. The normalized spacial score (nSPS) is 14.2. The van der Waals surface area contributed by atoms with Gasteiger partial charge in [0, 0.05) is 0 Å². The SMILES string of the molecule is COc1ccccc1C(=O)NC(=O)COC(=O)C1(c2ccccc2)CC1. The van der Waals surface area contributed by atoms with Gasteiger partial charge < -0.3 is 9.47 Å². The van der Waals surface area contributed by atoms with Gasteiger partial charge in [-0.2, -0.15) is 0 Å². The summed E-state index contributed by atoms with van der Waals surface area (Å²) >= 11 is 0. The van der Waals surface area contributed by atoms with Crippen LogP contribution in [0.25, 0.3) is 0 Å². The minimum absolute atomic E-state index is 0.234. The molecule has 0 radical (unpaired) electrons. The quantitative estimate of drug-likeness (QED) is 0.806. The largest absolute Gasteiger partial charge is 0.496 e. The van der Waals surface area contributed by atoms with Crippen LogP contribution in [0.2, 0.25) is 0 Å². The van der Waals surface area contributed by atoms with Crippen molar-refractivity contribution in [2.45, 2.75) is 18.3 Å². The molecule has 1 saturated carbocycles. The highest BCUT2D eigenvalue weighted by molar-refractivity contribution is 6.06. The average molecular weight is 353 g/mol. The van der Waals surface area contributed by atoms with Crippen molar-refractivity contribution in [3.05, 3.63) is 65.7 Å². The summed E-state index contributed by atoms with van der Waals surface area (Å²) in [6.45, 7) is -0.506. The van der Waals surface area contributed by atoms with Crippen molar-refractivity contribution in [1.29, 1.82) is 0 Å². The standard InChI is InChI=1S/C20H19NO5/c1-25-16-10-6-5-9-15(16)18(23)21-17(22)13-26-19(24)20(11-12-20)14-7-3-2-4-8-14/h2-10H,11-13H2,1H3,(H,21,22,23). The minimum Gasteiger partial charge on any atom is -0.496 e. The number of amides is 2. The number of benzene rings is 2. The van der Waals surface area contributed by atoms with Crippen LogP contribution in [0.3, 0.4) is 0 Å². The summed E-state index contributed by atoms with van der Waals surface area (Å²) in [6, 6.07) is 15.9. The lowest BCUT2D eigenvalue weighted by molar-refractivity contribution is -0.150. The van der Waals surface area contributed by atoms with Crippen LogP contribution in [-0.2, 0) is 19.7 Å². The molecule has 0 bridgehead atoms. The molecule has 26 heavy (non-hydrogen) atoms. The van der Waals surface area contributed by atoms with Gasteiger partial charge in [0.05, 0.1) is 18.1 Å². The van der Waals surface area contributed by atoms with Crippen LogP contribution in [0.15, 0.2) is 54.6 Å². The third-order valence-corrected chi connectivity index (χ3v) is 4.41. The summed E-state index contributed by atoms with van der Waals surface area (Å²) in [5.41, 5.74) is 0.460. The number of ether oxygens (including phenoxy) is 2. The lowest BCUT2D eigenvalue weighted by Crippen LogP contribution is -2.35. The number of imide groups is 1. The maximum atomic E-state index is 12.4. The first-order valence-electron chi connectivity index (χ1n) is 8.27. The van der Waals surface area contributed by atoms with E-state index in [2.05, 4.69) is 5.32 Å². The Bertz CT molecular complexity index is 827. The fourth-order valence-electron chi connectivity index (χ4n) is 2.82. The van der Waals surface area contributed by atoms with Crippen molar-refractivity contribution >= 4 is 17.8 Å². The molecule has 0 unspecified atom stereocenters. The summed E-state index contributed by atoms with van der Waals surface area (Å²) in [6.07, 6.45) is 1.38. The highest BCUT2D eigenvalue weighted by Crippen LogP contribution is 2.49. The Kier molecular flexibility index (Phi) is 5.02. The molecular weight excluding hydrogens is 334 g/mol. The van der Waals surface area contributed by atoms with Crippen molar-refractivity contribution in [2.75, 3.05) is 13.7 Å². The molecule has 1 aliphatic rings. The van der Waals surface area contributed by atoms with E-state index in [1.807, 2.05) is 30.3 Å². The fraction of sp³-hybridized carbons (Fsp3) is 0.250. The molecule has 1 N–H and O–H groups in total. The van der Waals surface area contributed by atoms with Crippen molar-refractivity contribution in [3.8, 4) is 5.75 Å². The van der Waals surface area contributed by atoms with Gasteiger partial charge in [-0.1, -0.05) is 42.5 Å². The van der Waals surface area contributed by atoms with E-state index in [1.54, 1.807) is 24.3 Å². The van der Waals surface area contributed by atoms with Crippen molar-refractivity contribution in [3.63, 3.8) is 0 Å². The van der Waals surface area contributed by atoms with Gasteiger partial charge >= 0.3 is 5.97 Å². The zero-order valence-electron chi connectivity index (χ0n) is 14.4. The van der Waals surface area contributed by atoms with Crippen LogP contribution >= 0.6 is 0 Å². The number of nitrogens with one attached hydrogen (secondary N) is 1. The minimum atomic E-state index is -0.682. The Hall–Kier alpha value is -3.15. The first-order valence-corrected chi connectivity index (χ1v) is 8.27. The Morgan fingerprint density at radius 2 is 1.65 bits per heavy atom. The van der Waals surface area contributed by atoms with Crippen LogP contribution < -0.4 is 10.1 Å². The zero-order chi connectivity index (χ0) is 18.6. The van der Waals surface area contributed by atoms with Gasteiger partial charge in [0.1, 0.15) is 5.75 Å². The van der Waals surface area contributed by atoms with Gasteiger partial charge in [-0.25, -0.2) is 0 Å². The van der Waals surface area contributed by atoms with E-state index in [4.69, 9.17) is 9.47 Å². The Morgan fingerprint density at radius 3 is 2.31 bits per heavy atom. The second kappa shape index (κ2) is 7.39. The molecule has 2 aromatic rings. The third kappa shape index (κ3) is 3.59. The Labute approximate surface area is 151 Å². The van der Waals surface area contributed by atoms with Crippen LogP contribution in [0, 0.1) is 0 Å². The lowest BCUT2D eigenvalue weighted by Gasteiger charge is -2.14. The van der Waals surface area contributed by atoms with Crippen LogP contribution in [0.1, 0.15) is 28.8 Å². The van der Waals surface area contributed by atoms with Crippen LogP contribution in [0.5, 0.6) is 5.75 Å². The fourth-order valence-corrected chi connectivity index (χ4v) is 2.82. The van der Waals surface area contributed by atoms with E-state index in [-0.39, 0.29) is 5.56 Å². The van der Waals surface area contributed by atoms with E-state index in [9.17, 15) is 14.4 Å². The average Bonchev–Trinajstić information content (AvgIpc) is 3.48. The molecule has 0 aromatic heterocycles. The number of esters is 1. The third-order valence-electron chi connectivity index (χ3n) is 4.41. The maximum Gasteiger partial charge on any atom is 0.317 e. The number of rotatable bonds is 6. The van der Waals surface area contributed by atoms with Gasteiger partial charge in [-0.15, -0.1) is 0 Å². The molecular formula is C20H19NO5. The van der Waals surface area contributed by atoms with Crippen molar-refractivity contribution in [1.82, 2.24) is 5.32 Å². The number of carbonyl (C=O) groups is 3. The van der Waals surface area contributed by atoms with E-state index in [0.29, 0.717) is 18.6 Å². The molecule has 3 rings (SSSR count). The molecule has 6 nitrogen and oxygen atoms in total. The highest BCUT2D eigenvalue weighted by Gasteiger charge is 2.52. The molecule has 2 amide bonds. The summed E-state index contributed by atoms with van der Waals surface area (Å²) in [7, 11) is 1.44. The predicted molar refractivity (Wildman–Crippen MR) is 93.8 cm³/mol. The lowest BCUT2D eigenvalue weighted by atomic mass is 9.96. The number of hydrogen-bond donors (Lipinski definition) is 1. The number of para-hydroxylation sites is 1. The summed E-state index contributed by atoms with van der Waals surface area (Å²) in [5, 5.41) is 2.20. The van der Waals surface area contributed by atoms with E-state index in [1.165, 1.54) is 7.11 Å². The van der Waals surface area contributed by atoms with Gasteiger partial charge in [-0.05, 0) is 30.5 Å². The first kappa shape index (κ1) is 17.7. The molecule has 6 heteroatoms. The highest BCUT2D eigenvalue weighted by atomic mass is 16.5. The van der Waals surface area contributed by atoms with E-state index in [0.717, 1.165) is 5.56 Å². The molecule has 0 atom stereocenters. The predicted octanol–water partition coefficient (Wildman–Crippen LogP) is 2.23. The molecule has 1 fully saturated rings. The summed E-state index contributed by atoms with van der Waals surface area (Å²) < 4.78 is 10.2. The monoisotopic (exact) mass is 353 g/mol. The van der Waals surface area contributed by atoms with E-state index >= 15 is 0 Å². The van der Waals surface area contributed by atoms with E-state index < -0.39 is 29.8 Å². The van der Waals surface area contributed by atoms with Gasteiger partial charge in [0.25, 0.3) is 11.8 Å². The Balaban J connectivity index is 1.56. The zero-order valence-corrected chi connectivity index (χ0v) is 14.4. The molecule has 0 heterocycles. The van der Waals surface area contributed by atoms with Crippen molar-refractivity contribution < 1.29 is 23.9 Å². The smallest absolute Gasteiger partial charge is 0.317 e. The van der Waals surface area contributed by atoms with Gasteiger partial charge in [0.2, 0.25) is 0 Å². The second-order valence-electron chi connectivity index (χ2n) is 6.10. The topological polar surface area (TPSA) is 81.7 Å². The number of carbonyl (C=O) groups excluding carboxylic acids is 3. The molecule has 0 spiro atoms. The van der Waals surface area contributed by atoms with Crippen molar-refractivity contribution in [2.24, 2.45) is 0 Å². The number of hydrogen-bond acceptors (Lipinski definition) is 5. The maximum absolute atomic E-state index is 12.4. The number of methoxy groups -OCH3 is 1. The molecule has 134 valence electrons. The van der Waals surface area contributed by atoms with Crippen LogP contribution in [0.4, 0.5) is 0 Å². The van der Waals surface area contributed by atoms with Crippen LogP contribution in [-0.4, -0.2) is 31.5 Å². The Morgan fingerprint density at radius 1 is 1.00 bits per heavy atom. The molecule has 1 aliphatic carbocycles. The first-order chi connectivity index (χ1) is 12.6. The molecule has 2 aromatic carbocycles.